The lowest BCUT2D eigenvalue weighted by Gasteiger charge is -2.11. The number of nitrogens with zero attached hydrogens (tertiary/aromatic N) is 1. The Morgan fingerprint density at radius 2 is 2.18 bits per heavy atom. The molecule has 2 rings (SSSR count). The van der Waals surface area contributed by atoms with E-state index in [2.05, 4.69) is 5.16 Å². The Kier molecular flexibility index (Phi) is 2.93. The molecular formula is C11H10ClFN2O2. The Morgan fingerprint density at radius 1 is 1.47 bits per heavy atom. The van der Waals surface area contributed by atoms with Crippen molar-refractivity contribution in [3.63, 3.8) is 0 Å². The standard InChI is InChI=1S/C11H10ClFN2O2/c1-5-6(12)3-7(13)11(16-2)10(5)8-4-9(14)17-15-8/h3-4H,14H2,1-2H3. The smallest absolute Gasteiger partial charge is 0.222 e. The number of rotatable bonds is 2. The molecule has 0 fully saturated rings. The van der Waals surface area contributed by atoms with Crippen molar-refractivity contribution < 1.29 is 13.7 Å². The van der Waals surface area contributed by atoms with Crippen molar-refractivity contribution >= 4 is 17.5 Å². The lowest BCUT2D eigenvalue weighted by Crippen LogP contribution is -1.96. The molecule has 1 aromatic heterocycles. The Morgan fingerprint density at radius 3 is 2.71 bits per heavy atom. The van der Waals surface area contributed by atoms with E-state index in [-0.39, 0.29) is 11.6 Å². The van der Waals surface area contributed by atoms with Crippen LogP contribution in [0.2, 0.25) is 5.02 Å². The average molecular weight is 257 g/mol. The Balaban J connectivity index is 2.74. The molecule has 0 spiro atoms. The summed E-state index contributed by atoms with van der Waals surface area (Å²) in [6.45, 7) is 1.74. The number of nitrogens with two attached hydrogens (primary N) is 1. The molecular weight excluding hydrogens is 247 g/mol. The first kappa shape index (κ1) is 11.7. The van der Waals surface area contributed by atoms with Gasteiger partial charge in [-0.1, -0.05) is 16.8 Å². The van der Waals surface area contributed by atoms with Crippen LogP contribution in [0.5, 0.6) is 5.75 Å². The first-order chi connectivity index (χ1) is 8.04. The van der Waals surface area contributed by atoms with Crippen molar-refractivity contribution in [3.8, 4) is 17.0 Å². The Labute approximate surface area is 102 Å². The average Bonchev–Trinajstić information content (AvgIpc) is 2.69. The molecule has 2 aromatic rings. The fraction of sp³-hybridized carbons (Fsp3) is 0.182. The third-order valence-electron chi connectivity index (χ3n) is 2.42. The highest BCUT2D eigenvalue weighted by Crippen LogP contribution is 2.38. The van der Waals surface area contributed by atoms with Crippen LogP contribution in [0.4, 0.5) is 10.3 Å². The minimum absolute atomic E-state index is 0.0696. The second-order valence-corrected chi connectivity index (χ2v) is 3.90. The van der Waals surface area contributed by atoms with Gasteiger partial charge in [0.2, 0.25) is 5.88 Å². The summed E-state index contributed by atoms with van der Waals surface area (Å²) in [5.41, 5.74) is 6.92. The van der Waals surface area contributed by atoms with Crippen LogP contribution in [0.25, 0.3) is 11.3 Å². The van der Waals surface area contributed by atoms with Crippen molar-refractivity contribution in [2.45, 2.75) is 6.92 Å². The van der Waals surface area contributed by atoms with Crippen LogP contribution in [0.15, 0.2) is 16.7 Å². The summed E-state index contributed by atoms with van der Waals surface area (Å²) < 4.78 is 23.5. The maximum absolute atomic E-state index is 13.7. The van der Waals surface area contributed by atoms with Gasteiger partial charge >= 0.3 is 0 Å². The minimum atomic E-state index is -0.556. The highest BCUT2D eigenvalue weighted by molar-refractivity contribution is 6.31. The molecule has 0 aliphatic heterocycles. The minimum Gasteiger partial charge on any atom is -0.493 e. The van der Waals surface area contributed by atoms with E-state index in [0.29, 0.717) is 21.8 Å². The molecule has 1 aromatic carbocycles. The number of anilines is 1. The molecule has 2 N–H and O–H groups in total. The molecule has 1 heterocycles. The number of halogens is 2. The maximum Gasteiger partial charge on any atom is 0.222 e. The van der Waals surface area contributed by atoms with Gasteiger partial charge in [-0.2, -0.15) is 0 Å². The molecule has 0 bridgehead atoms. The van der Waals surface area contributed by atoms with Crippen LogP contribution < -0.4 is 10.5 Å². The molecule has 0 aliphatic carbocycles. The number of hydrogen-bond donors (Lipinski definition) is 1. The second kappa shape index (κ2) is 4.25. The van der Waals surface area contributed by atoms with E-state index in [0.717, 1.165) is 0 Å². The lowest BCUT2D eigenvalue weighted by atomic mass is 10.0. The normalized spacial score (nSPS) is 10.6. The van der Waals surface area contributed by atoms with Gasteiger partial charge in [0.05, 0.1) is 12.7 Å². The molecule has 0 aliphatic rings. The molecule has 0 radical (unpaired) electrons. The van der Waals surface area contributed by atoms with E-state index < -0.39 is 5.82 Å². The fourth-order valence-corrected chi connectivity index (χ4v) is 1.80. The number of ether oxygens (including phenoxy) is 1. The van der Waals surface area contributed by atoms with Gasteiger partial charge in [-0.15, -0.1) is 0 Å². The Bertz CT molecular complexity index is 569. The van der Waals surface area contributed by atoms with Gasteiger partial charge in [-0.25, -0.2) is 4.39 Å². The van der Waals surface area contributed by atoms with Crippen LogP contribution in [-0.4, -0.2) is 12.3 Å². The Hall–Kier alpha value is -1.75. The number of aromatic nitrogens is 1. The number of hydrogen-bond acceptors (Lipinski definition) is 4. The van der Waals surface area contributed by atoms with Crippen molar-refractivity contribution in [1.82, 2.24) is 5.16 Å². The number of benzene rings is 1. The quantitative estimate of drug-likeness (QED) is 0.897. The lowest BCUT2D eigenvalue weighted by molar-refractivity contribution is 0.386. The molecule has 0 amide bonds. The summed E-state index contributed by atoms with van der Waals surface area (Å²) in [5, 5.41) is 4.02. The van der Waals surface area contributed by atoms with Crippen LogP contribution in [0.1, 0.15) is 5.56 Å². The molecule has 17 heavy (non-hydrogen) atoms. The van der Waals surface area contributed by atoms with Crippen molar-refractivity contribution in [2.75, 3.05) is 12.8 Å². The van der Waals surface area contributed by atoms with E-state index in [1.165, 1.54) is 19.2 Å². The molecule has 0 saturated carbocycles. The predicted molar refractivity (Wildman–Crippen MR) is 62.6 cm³/mol. The molecule has 0 unspecified atom stereocenters. The van der Waals surface area contributed by atoms with Crippen molar-refractivity contribution in [1.29, 1.82) is 0 Å². The van der Waals surface area contributed by atoms with Crippen molar-refractivity contribution in [2.24, 2.45) is 0 Å². The van der Waals surface area contributed by atoms with Gasteiger partial charge in [0.1, 0.15) is 5.69 Å². The zero-order valence-electron chi connectivity index (χ0n) is 9.25. The van der Waals surface area contributed by atoms with E-state index in [1.807, 2.05) is 0 Å². The fourth-order valence-electron chi connectivity index (χ4n) is 1.61. The van der Waals surface area contributed by atoms with Crippen LogP contribution in [0.3, 0.4) is 0 Å². The summed E-state index contributed by atoms with van der Waals surface area (Å²) in [6, 6.07) is 2.68. The SMILES string of the molecule is COc1c(F)cc(Cl)c(C)c1-c1cc(N)on1. The summed E-state index contributed by atoms with van der Waals surface area (Å²) in [4.78, 5) is 0. The maximum atomic E-state index is 13.7. The largest absolute Gasteiger partial charge is 0.493 e. The summed E-state index contributed by atoms with van der Waals surface area (Å²) in [6.07, 6.45) is 0. The molecule has 0 atom stereocenters. The third kappa shape index (κ3) is 1.93. The molecule has 6 heteroatoms. The molecule has 90 valence electrons. The van der Waals surface area contributed by atoms with Gasteiger partial charge in [0.25, 0.3) is 0 Å². The third-order valence-corrected chi connectivity index (χ3v) is 2.81. The first-order valence-electron chi connectivity index (χ1n) is 4.79. The van der Waals surface area contributed by atoms with Gasteiger partial charge in [-0.05, 0) is 18.6 Å². The van der Waals surface area contributed by atoms with Gasteiger partial charge in [-0.3, -0.25) is 0 Å². The second-order valence-electron chi connectivity index (χ2n) is 3.49. The predicted octanol–water partition coefficient (Wildman–Crippen LogP) is 3.03. The van der Waals surface area contributed by atoms with E-state index in [4.69, 9.17) is 26.6 Å². The number of methoxy groups -OCH3 is 1. The monoisotopic (exact) mass is 256 g/mol. The van der Waals surface area contributed by atoms with Crippen molar-refractivity contribution in [3.05, 3.63) is 28.5 Å². The highest BCUT2D eigenvalue weighted by Gasteiger charge is 2.19. The first-order valence-corrected chi connectivity index (χ1v) is 5.17. The summed E-state index contributed by atoms with van der Waals surface area (Å²) in [7, 11) is 1.37. The highest BCUT2D eigenvalue weighted by atomic mass is 35.5. The van der Waals surface area contributed by atoms with Gasteiger partial charge in [0.15, 0.2) is 11.6 Å². The van der Waals surface area contributed by atoms with Crippen LogP contribution >= 0.6 is 11.6 Å². The van der Waals surface area contributed by atoms with Gasteiger partial charge in [0, 0.05) is 11.1 Å². The zero-order chi connectivity index (χ0) is 12.6. The summed E-state index contributed by atoms with van der Waals surface area (Å²) >= 11 is 5.92. The topological polar surface area (TPSA) is 61.3 Å². The van der Waals surface area contributed by atoms with E-state index in [1.54, 1.807) is 6.92 Å². The van der Waals surface area contributed by atoms with Crippen LogP contribution in [-0.2, 0) is 0 Å². The summed E-state index contributed by atoms with van der Waals surface area (Å²) in [5.74, 6) is -0.346. The van der Waals surface area contributed by atoms with Crippen LogP contribution in [0, 0.1) is 12.7 Å². The van der Waals surface area contributed by atoms with Gasteiger partial charge < -0.3 is 15.0 Å². The zero-order valence-corrected chi connectivity index (χ0v) is 10.0. The van der Waals surface area contributed by atoms with E-state index in [9.17, 15) is 4.39 Å². The molecule has 4 nitrogen and oxygen atoms in total. The number of nitrogen functional groups attached to an aromatic ring is 1. The van der Waals surface area contributed by atoms with E-state index >= 15 is 0 Å². The molecule has 0 saturated heterocycles.